The Bertz CT molecular complexity index is 378. The van der Waals surface area contributed by atoms with Gasteiger partial charge in [0.15, 0.2) is 0 Å². The van der Waals surface area contributed by atoms with Gasteiger partial charge in [0.25, 0.3) is 5.92 Å². The third-order valence-electron chi connectivity index (χ3n) is 4.17. The Balaban J connectivity index is 1.87. The Morgan fingerprint density at radius 2 is 1.95 bits per heavy atom. The highest BCUT2D eigenvalue weighted by atomic mass is 19.3. The largest absolute Gasteiger partial charge is 0.308 e. The van der Waals surface area contributed by atoms with Gasteiger partial charge in [0.2, 0.25) is 0 Å². The fourth-order valence-electron chi connectivity index (χ4n) is 2.90. The van der Waals surface area contributed by atoms with Crippen molar-refractivity contribution in [2.24, 2.45) is 5.92 Å². The van der Waals surface area contributed by atoms with Gasteiger partial charge >= 0.3 is 0 Å². The third kappa shape index (κ3) is 4.00. The number of alkyl halides is 2. The normalized spacial score (nSPS) is 24.4. The Labute approximate surface area is 114 Å². The van der Waals surface area contributed by atoms with Crippen molar-refractivity contribution in [1.82, 2.24) is 5.32 Å². The monoisotopic (exact) mass is 267 g/mol. The first-order valence-corrected chi connectivity index (χ1v) is 7.28. The minimum atomic E-state index is -2.78. The molecule has 19 heavy (non-hydrogen) atoms. The maximum atomic E-state index is 14.0. The molecule has 1 nitrogen and oxygen atoms in total. The molecule has 1 aliphatic rings. The summed E-state index contributed by atoms with van der Waals surface area (Å²) >= 11 is 0. The SMILES string of the molecule is CCC1CCCC(NCC(F)(F)c2ccccc2)C1. The van der Waals surface area contributed by atoms with Crippen LogP contribution in [-0.4, -0.2) is 12.6 Å². The molecule has 0 spiro atoms. The summed E-state index contributed by atoms with van der Waals surface area (Å²) < 4.78 is 28.1. The van der Waals surface area contributed by atoms with Gasteiger partial charge in [-0.15, -0.1) is 0 Å². The van der Waals surface area contributed by atoms with E-state index in [1.54, 1.807) is 18.2 Å². The lowest BCUT2D eigenvalue weighted by atomic mass is 9.84. The number of benzene rings is 1. The van der Waals surface area contributed by atoms with Gasteiger partial charge in [-0.1, -0.05) is 56.5 Å². The van der Waals surface area contributed by atoms with E-state index < -0.39 is 5.92 Å². The average molecular weight is 267 g/mol. The molecule has 1 aliphatic carbocycles. The first-order chi connectivity index (χ1) is 9.12. The Kier molecular flexibility index (Phi) is 4.92. The number of halogens is 2. The van der Waals surface area contributed by atoms with Crippen LogP contribution in [0, 0.1) is 5.92 Å². The summed E-state index contributed by atoms with van der Waals surface area (Å²) in [7, 11) is 0. The summed E-state index contributed by atoms with van der Waals surface area (Å²) in [5, 5.41) is 3.07. The predicted molar refractivity (Wildman–Crippen MR) is 74.4 cm³/mol. The zero-order valence-corrected chi connectivity index (χ0v) is 11.5. The second kappa shape index (κ2) is 6.47. The van der Waals surface area contributed by atoms with Crippen LogP contribution in [0.2, 0.25) is 0 Å². The molecule has 106 valence electrons. The van der Waals surface area contributed by atoms with Crippen LogP contribution >= 0.6 is 0 Å². The highest BCUT2D eigenvalue weighted by molar-refractivity contribution is 5.20. The van der Waals surface area contributed by atoms with Gasteiger partial charge in [-0.2, -0.15) is 8.78 Å². The molecule has 1 saturated carbocycles. The van der Waals surface area contributed by atoms with Gasteiger partial charge in [0.1, 0.15) is 0 Å². The first kappa shape index (κ1) is 14.4. The van der Waals surface area contributed by atoms with Crippen LogP contribution < -0.4 is 5.32 Å². The molecule has 3 heteroatoms. The van der Waals surface area contributed by atoms with E-state index >= 15 is 0 Å². The summed E-state index contributed by atoms with van der Waals surface area (Å²) in [6, 6.07) is 8.34. The standard InChI is InChI=1S/C16H23F2N/c1-2-13-7-6-10-15(11-13)19-12-16(17,18)14-8-4-3-5-9-14/h3-5,8-9,13,15,19H,2,6-7,10-12H2,1H3. The molecule has 1 fully saturated rings. The maximum Gasteiger partial charge on any atom is 0.285 e. The van der Waals surface area contributed by atoms with Crippen LogP contribution in [-0.2, 0) is 5.92 Å². The fourth-order valence-corrected chi connectivity index (χ4v) is 2.90. The van der Waals surface area contributed by atoms with Crippen LogP contribution in [0.5, 0.6) is 0 Å². The van der Waals surface area contributed by atoms with Gasteiger partial charge in [0.05, 0.1) is 6.54 Å². The molecule has 0 bridgehead atoms. The summed E-state index contributed by atoms with van der Waals surface area (Å²) in [5.74, 6) is -2.07. The third-order valence-corrected chi connectivity index (χ3v) is 4.17. The van der Waals surface area contributed by atoms with Crippen molar-refractivity contribution in [2.45, 2.75) is 51.0 Å². The smallest absolute Gasteiger partial charge is 0.285 e. The quantitative estimate of drug-likeness (QED) is 0.837. The molecule has 2 atom stereocenters. The predicted octanol–water partition coefficient (Wildman–Crippen LogP) is 4.34. The van der Waals surface area contributed by atoms with Crippen LogP contribution in [0.4, 0.5) is 8.78 Å². The molecule has 0 aromatic heterocycles. The Morgan fingerprint density at radius 1 is 1.21 bits per heavy atom. The topological polar surface area (TPSA) is 12.0 Å². The highest BCUT2D eigenvalue weighted by Gasteiger charge is 2.32. The van der Waals surface area contributed by atoms with Crippen molar-refractivity contribution in [3.63, 3.8) is 0 Å². The van der Waals surface area contributed by atoms with E-state index in [0.29, 0.717) is 5.92 Å². The van der Waals surface area contributed by atoms with Crippen molar-refractivity contribution < 1.29 is 8.78 Å². The highest BCUT2D eigenvalue weighted by Crippen LogP contribution is 2.30. The molecule has 0 amide bonds. The van der Waals surface area contributed by atoms with E-state index in [1.807, 2.05) is 0 Å². The first-order valence-electron chi connectivity index (χ1n) is 7.28. The lowest BCUT2D eigenvalue weighted by Gasteiger charge is -2.30. The van der Waals surface area contributed by atoms with E-state index in [2.05, 4.69) is 12.2 Å². The number of nitrogens with one attached hydrogen (secondary N) is 1. The number of hydrogen-bond acceptors (Lipinski definition) is 1. The summed E-state index contributed by atoms with van der Waals surface area (Å²) in [5.41, 5.74) is 0.102. The second-order valence-corrected chi connectivity index (χ2v) is 5.59. The summed E-state index contributed by atoms with van der Waals surface area (Å²) in [6.07, 6.45) is 5.65. The molecule has 0 heterocycles. The van der Waals surface area contributed by atoms with E-state index in [9.17, 15) is 8.78 Å². The van der Waals surface area contributed by atoms with Crippen LogP contribution in [0.3, 0.4) is 0 Å². The van der Waals surface area contributed by atoms with Gasteiger partial charge in [-0.25, -0.2) is 0 Å². The van der Waals surface area contributed by atoms with Crippen LogP contribution in [0.15, 0.2) is 30.3 Å². The van der Waals surface area contributed by atoms with E-state index in [4.69, 9.17) is 0 Å². The van der Waals surface area contributed by atoms with Gasteiger partial charge in [0, 0.05) is 11.6 Å². The minimum absolute atomic E-state index is 0.102. The van der Waals surface area contributed by atoms with E-state index in [0.717, 1.165) is 25.7 Å². The number of hydrogen-bond donors (Lipinski definition) is 1. The molecule has 1 aromatic rings. The Hall–Kier alpha value is -0.960. The molecule has 1 N–H and O–H groups in total. The van der Waals surface area contributed by atoms with Crippen molar-refractivity contribution in [3.05, 3.63) is 35.9 Å². The molecule has 2 unspecified atom stereocenters. The van der Waals surface area contributed by atoms with Crippen molar-refractivity contribution in [3.8, 4) is 0 Å². The molecular formula is C16H23F2N. The van der Waals surface area contributed by atoms with Crippen molar-refractivity contribution >= 4 is 0 Å². The second-order valence-electron chi connectivity index (χ2n) is 5.59. The molecular weight excluding hydrogens is 244 g/mol. The van der Waals surface area contributed by atoms with E-state index in [-0.39, 0.29) is 18.2 Å². The average Bonchev–Trinajstić information content (AvgIpc) is 2.46. The van der Waals surface area contributed by atoms with Crippen molar-refractivity contribution in [1.29, 1.82) is 0 Å². The zero-order chi connectivity index (χ0) is 13.7. The van der Waals surface area contributed by atoms with Gasteiger partial charge in [-0.05, 0) is 18.8 Å². The molecule has 0 saturated heterocycles. The van der Waals surface area contributed by atoms with Crippen LogP contribution in [0.25, 0.3) is 0 Å². The molecule has 0 aliphatic heterocycles. The van der Waals surface area contributed by atoms with Gasteiger partial charge < -0.3 is 5.32 Å². The lowest BCUT2D eigenvalue weighted by Crippen LogP contribution is -2.40. The molecule has 0 radical (unpaired) electrons. The molecule has 1 aromatic carbocycles. The van der Waals surface area contributed by atoms with Gasteiger partial charge in [-0.3, -0.25) is 0 Å². The van der Waals surface area contributed by atoms with Crippen molar-refractivity contribution in [2.75, 3.05) is 6.54 Å². The fraction of sp³-hybridized carbons (Fsp3) is 0.625. The Morgan fingerprint density at radius 3 is 2.63 bits per heavy atom. The van der Waals surface area contributed by atoms with E-state index in [1.165, 1.54) is 18.6 Å². The zero-order valence-electron chi connectivity index (χ0n) is 11.5. The number of rotatable bonds is 5. The summed E-state index contributed by atoms with van der Waals surface area (Å²) in [4.78, 5) is 0. The summed E-state index contributed by atoms with van der Waals surface area (Å²) in [6.45, 7) is 1.93. The van der Waals surface area contributed by atoms with Crippen LogP contribution in [0.1, 0.15) is 44.6 Å². The lowest BCUT2D eigenvalue weighted by molar-refractivity contribution is -0.00755. The molecule has 2 rings (SSSR count). The minimum Gasteiger partial charge on any atom is -0.308 e. The maximum absolute atomic E-state index is 14.0.